The average Bonchev–Trinajstić information content (AvgIpc) is 2.15. The lowest BCUT2D eigenvalue weighted by Crippen LogP contribution is -2.44. The molecule has 0 saturated heterocycles. The zero-order valence-corrected chi connectivity index (χ0v) is 11.0. The molecule has 5 heteroatoms. The molecule has 3 atom stereocenters. The molecular weight excluding hydrogens is 226 g/mol. The summed E-state index contributed by atoms with van der Waals surface area (Å²) in [5, 5.41) is 1.90. The maximum atomic E-state index is 11.7. The molecule has 3 unspecified atom stereocenters. The van der Waals surface area contributed by atoms with Gasteiger partial charge in [-0.25, -0.2) is 8.42 Å². The van der Waals surface area contributed by atoms with Crippen molar-refractivity contribution in [2.45, 2.75) is 50.8 Å². The third-order valence-electron chi connectivity index (χ3n) is 3.29. The Bertz CT molecular complexity index is 350. The van der Waals surface area contributed by atoms with Gasteiger partial charge in [0.1, 0.15) is 5.25 Å². The van der Waals surface area contributed by atoms with Crippen molar-refractivity contribution in [2.24, 2.45) is 5.92 Å². The summed E-state index contributed by atoms with van der Waals surface area (Å²) in [5.41, 5.74) is 0. The van der Waals surface area contributed by atoms with Crippen LogP contribution in [0.25, 0.3) is 0 Å². The zero-order chi connectivity index (χ0) is 12.3. The fourth-order valence-electron chi connectivity index (χ4n) is 2.08. The Balaban J connectivity index is 2.51. The lowest BCUT2D eigenvalue weighted by molar-refractivity contribution is -0.121. The van der Waals surface area contributed by atoms with Gasteiger partial charge in [-0.1, -0.05) is 19.8 Å². The van der Waals surface area contributed by atoms with Crippen LogP contribution in [0.4, 0.5) is 0 Å². The number of carbonyl (C=O) groups is 1. The Morgan fingerprint density at radius 3 is 2.50 bits per heavy atom. The van der Waals surface area contributed by atoms with Crippen molar-refractivity contribution in [3.63, 3.8) is 0 Å². The fourth-order valence-corrected chi connectivity index (χ4v) is 2.54. The van der Waals surface area contributed by atoms with Gasteiger partial charge >= 0.3 is 0 Å². The highest BCUT2D eigenvalue weighted by molar-refractivity contribution is 7.92. The van der Waals surface area contributed by atoms with E-state index in [-0.39, 0.29) is 11.9 Å². The molecule has 0 aromatic heterocycles. The molecule has 1 aliphatic rings. The fraction of sp³-hybridized carbons (Fsp3) is 0.909. The van der Waals surface area contributed by atoms with Crippen molar-refractivity contribution in [3.05, 3.63) is 0 Å². The van der Waals surface area contributed by atoms with Crippen LogP contribution >= 0.6 is 0 Å². The first-order valence-corrected chi connectivity index (χ1v) is 7.75. The Morgan fingerprint density at radius 2 is 2.00 bits per heavy atom. The Morgan fingerprint density at radius 1 is 1.38 bits per heavy atom. The summed E-state index contributed by atoms with van der Waals surface area (Å²) in [5.74, 6) is 0.259. The topological polar surface area (TPSA) is 63.2 Å². The lowest BCUT2D eigenvalue weighted by atomic mass is 9.87. The highest BCUT2D eigenvalue weighted by Crippen LogP contribution is 2.23. The maximum absolute atomic E-state index is 11.7. The Hall–Kier alpha value is -0.580. The van der Waals surface area contributed by atoms with Crippen molar-refractivity contribution in [2.75, 3.05) is 6.26 Å². The van der Waals surface area contributed by atoms with E-state index in [1.54, 1.807) is 0 Å². The van der Waals surface area contributed by atoms with Crippen LogP contribution < -0.4 is 5.32 Å². The van der Waals surface area contributed by atoms with Gasteiger partial charge in [-0.3, -0.25) is 4.79 Å². The third kappa shape index (κ3) is 3.77. The predicted molar refractivity (Wildman–Crippen MR) is 63.9 cm³/mol. The van der Waals surface area contributed by atoms with Gasteiger partial charge in [0.2, 0.25) is 5.91 Å². The molecule has 1 N–H and O–H groups in total. The second-order valence-corrected chi connectivity index (χ2v) is 7.32. The van der Waals surface area contributed by atoms with Crippen molar-refractivity contribution in [1.29, 1.82) is 0 Å². The summed E-state index contributed by atoms with van der Waals surface area (Å²) in [6.45, 7) is 3.61. The number of amides is 1. The number of hydrogen-bond donors (Lipinski definition) is 1. The van der Waals surface area contributed by atoms with Gasteiger partial charge in [-0.15, -0.1) is 0 Å². The Labute approximate surface area is 97.7 Å². The van der Waals surface area contributed by atoms with E-state index in [1.807, 2.05) is 0 Å². The zero-order valence-electron chi connectivity index (χ0n) is 10.2. The largest absolute Gasteiger partial charge is 0.352 e. The highest BCUT2D eigenvalue weighted by Gasteiger charge is 2.27. The van der Waals surface area contributed by atoms with E-state index in [4.69, 9.17) is 0 Å². The van der Waals surface area contributed by atoms with Crippen molar-refractivity contribution in [3.8, 4) is 0 Å². The van der Waals surface area contributed by atoms with Gasteiger partial charge in [0, 0.05) is 12.3 Å². The molecule has 0 aliphatic heterocycles. The molecule has 1 amide bonds. The first-order chi connectivity index (χ1) is 7.30. The molecule has 94 valence electrons. The van der Waals surface area contributed by atoms with Gasteiger partial charge < -0.3 is 5.32 Å². The summed E-state index contributed by atoms with van der Waals surface area (Å²) in [7, 11) is -3.28. The van der Waals surface area contributed by atoms with Gasteiger partial charge in [0.25, 0.3) is 0 Å². The van der Waals surface area contributed by atoms with E-state index in [0.717, 1.165) is 25.5 Å². The second-order valence-electron chi connectivity index (χ2n) is 4.95. The lowest BCUT2D eigenvalue weighted by Gasteiger charge is -2.28. The van der Waals surface area contributed by atoms with Crippen LogP contribution in [0.2, 0.25) is 0 Å². The van der Waals surface area contributed by atoms with Crippen LogP contribution in [0.5, 0.6) is 0 Å². The monoisotopic (exact) mass is 247 g/mol. The van der Waals surface area contributed by atoms with E-state index in [1.165, 1.54) is 13.3 Å². The average molecular weight is 247 g/mol. The molecular formula is C11H21NO3S. The quantitative estimate of drug-likeness (QED) is 0.812. The van der Waals surface area contributed by atoms with E-state index < -0.39 is 15.1 Å². The molecule has 0 aromatic carbocycles. The predicted octanol–water partition coefficient (Wildman–Crippen LogP) is 1.11. The summed E-state index contributed by atoms with van der Waals surface area (Å²) < 4.78 is 22.4. The molecule has 1 aliphatic carbocycles. The third-order valence-corrected chi connectivity index (χ3v) is 4.79. The van der Waals surface area contributed by atoms with Crippen LogP contribution in [0.1, 0.15) is 39.5 Å². The van der Waals surface area contributed by atoms with Crippen LogP contribution in [0.15, 0.2) is 0 Å². The van der Waals surface area contributed by atoms with E-state index >= 15 is 0 Å². The molecule has 16 heavy (non-hydrogen) atoms. The summed E-state index contributed by atoms with van der Waals surface area (Å²) >= 11 is 0. The molecule has 1 fully saturated rings. The van der Waals surface area contributed by atoms with Crippen LogP contribution in [-0.2, 0) is 14.6 Å². The number of sulfone groups is 1. The molecule has 0 spiro atoms. The minimum atomic E-state index is -3.28. The Kier molecular flexibility index (Phi) is 4.35. The van der Waals surface area contributed by atoms with Gasteiger partial charge in [-0.05, 0) is 25.7 Å². The summed E-state index contributed by atoms with van der Waals surface area (Å²) in [6.07, 6.45) is 5.34. The van der Waals surface area contributed by atoms with Crippen LogP contribution in [0, 0.1) is 5.92 Å². The number of rotatable bonds is 3. The summed E-state index contributed by atoms with van der Waals surface area (Å²) in [4.78, 5) is 11.7. The number of carbonyl (C=O) groups excluding carboxylic acids is 1. The minimum Gasteiger partial charge on any atom is -0.352 e. The molecule has 0 aromatic rings. The van der Waals surface area contributed by atoms with E-state index in [2.05, 4.69) is 12.2 Å². The normalized spacial score (nSPS) is 28.4. The van der Waals surface area contributed by atoms with Crippen LogP contribution in [-0.4, -0.2) is 31.9 Å². The molecule has 0 heterocycles. The first-order valence-electron chi connectivity index (χ1n) is 5.80. The van der Waals surface area contributed by atoms with Crippen LogP contribution in [0.3, 0.4) is 0 Å². The highest BCUT2D eigenvalue weighted by atomic mass is 32.2. The number of nitrogens with one attached hydrogen (secondary N) is 1. The van der Waals surface area contributed by atoms with E-state index in [0.29, 0.717) is 5.92 Å². The van der Waals surface area contributed by atoms with Gasteiger partial charge in [-0.2, -0.15) is 0 Å². The molecule has 1 saturated carbocycles. The molecule has 4 nitrogen and oxygen atoms in total. The minimum absolute atomic E-state index is 0.153. The summed E-state index contributed by atoms with van der Waals surface area (Å²) in [6, 6.07) is 0.153. The van der Waals surface area contributed by atoms with Crippen molar-refractivity contribution >= 4 is 15.7 Å². The van der Waals surface area contributed by atoms with Crippen molar-refractivity contribution < 1.29 is 13.2 Å². The molecule has 1 rings (SSSR count). The standard InChI is InChI=1S/C11H21NO3S/c1-8-5-4-6-10(7-8)12-11(13)9(2)16(3,14)15/h8-10H,4-7H2,1-3H3,(H,12,13). The molecule has 0 bridgehead atoms. The second kappa shape index (κ2) is 5.17. The van der Waals surface area contributed by atoms with E-state index in [9.17, 15) is 13.2 Å². The number of hydrogen-bond acceptors (Lipinski definition) is 3. The van der Waals surface area contributed by atoms with Gasteiger partial charge in [0.15, 0.2) is 9.84 Å². The SMILES string of the molecule is CC1CCCC(NC(=O)C(C)S(C)(=O)=O)C1. The van der Waals surface area contributed by atoms with Gasteiger partial charge in [0.05, 0.1) is 0 Å². The van der Waals surface area contributed by atoms with Crippen molar-refractivity contribution in [1.82, 2.24) is 5.32 Å². The maximum Gasteiger partial charge on any atom is 0.238 e. The first kappa shape index (κ1) is 13.5. The molecule has 0 radical (unpaired) electrons. The smallest absolute Gasteiger partial charge is 0.238 e.